The topological polar surface area (TPSA) is 83.7 Å². The molecule has 0 atom stereocenters. The Bertz CT molecular complexity index is 843. The fraction of sp³-hybridized carbons (Fsp3) is 0.133. The van der Waals surface area contributed by atoms with E-state index in [1.54, 1.807) is 35.7 Å². The molecular weight excluding hydrogens is 320 g/mol. The van der Waals surface area contributed by atoms with Crippen molar-refractivity contribution in [3.63, 3.8) is 0 Å². The second-order valence-electron chi connectivity index (χ2n) is 4.63. The van der Waals surface area contributed by atoms with Gasteiger partial charge in [-0.1, -0.05) is 11.2 Å². The Morgan fingerprint density at radius 3 is 3.04 bits per heavy atom. The number of fused-ring (bicyclic) bond motifs is 1. The third kappa shape index (κ3) is 2.76. The largest absolute Gasteiger partial charge is 0.454 e. The lowest BCUT2D eigenvalue weighted by molar-refractivity contribution is 0.0435. The average Bonchev–Trinajstić information content (AvgIpc) is 3.32. The van der Waals surface area contributed by atoms with Gasteiger partial charge in [-0.15, -0.1) is 11.3 Å². The molecule has 0 fully saturated rings. The molecule has 4 rings (SSSR count). The van der Waals surface area contributed by atoms with Gasteiger partial charge in [0.1, 0.15) is 4.88 Å². The van der Waals surface area contributed by atoms with Crippen LogP contribution >= 0.6 is 11.3 Å². The van der Waals surface area contributed by atoms with Crippen molar-refractivity contribution in [3.05, 3.63) is 46.5 Å². The monoisotopic (exact) mass is 330 g/mol. The average molecular weight is 330 g/mol. The van der Waals surface area contributed by atoms with Crippen molar-refractivity contribution in [1.82, 2.24) is 10.1 Å². The lowest BCUT2D eigenvalue weighted by atomic mass is 10.2. The zero-order valence-electron chi connectivity index (χ0n) is 11.7. The van der Waals surface area contributed by atoms with Crippen LogP contribution in [0.4, 0.5) is 0 Å². The Morgan fingerprint density at radius 2 is 2.17 bits per heavy atom. The number of esters is 1. The summed E-state index contributed by atoms with van der Waals surface area (Å²) in [6.07, 6.45) is 0. The number of nitrogens with zero attached hydrogens (tertiary/aromatic N) is 2. The van der Waals surface area contributed by atoms with Crippen LogP contribution in [-0.4, -0.2) is 22.9 Å². The van der Waals surface area contributed by atoms with E-state index in [4.69, 9.17) is 18.7 Å². The summed E-state index contributed by atoms with van der Waals surface area (Å²) in [7, 11) is 0. The van der Waals surface area contributed by atoms with Crippen molar-refractivity contribution in [3.8, 4) is 22.9 Å². The van der Waals surface area contributed by atoms with Gasteiger partial charge in [-0.25, -0.2) is 4.79 Å². The van der Waals surface area contributed by atoms with Gasteiger partial charge in [-0.3, -0.25) is 0 Å². The molecule has 8 heteroatoms. The number of hydrogen-bond donors (Lipinski definition) is 0. The summed E-state index contributed by atoms with van der Waals surface area (Å²) < 4.78 is 20.8. The predicted octanol–water partition coefficient (Wildman–Crippen LogP) is 2.88. The van der Waals surface area contributed by atoms with Crippen LogP contribution in [0.25, 0.3) is 11.4 Å². The molecule has 7 nitrogen and oxygen atoms in total. The molecule has 23 heavy (non-hydrogen) atoms. The normalized spacial score (nSPS) is 12.3. The summed E-state index contributed by atoms with van der Waals surface area (Å²) >= 11 is 1.31. The number of carbonyl (C=O) groups excluding carboxylic acids is 1. The highest BCUT2D eigenvalue weighted by molar-refractivity contribution is 7.11. The third-order valence-corrected chi connectivity index (χ3v) is 4.00. The van der Waals surface area contributed by atoms with E-state index >= 15 is 0 Å². The van der Waals surface area contributed by atoms with Crippen LogP contribution in [0, 0.1) is 0 Å². The van der Waals surface area contributed by atoms with E-state index in [0.717, 1.165) is 5.56 Å². The quantitative estimate of drug-likeness (QED) is 0.680. The van der Waals surface area contributed by atoms with Crippen LogP contribution in [0.3, 0.4) is 0 Å². The van der Waals surface area contributed by atoms with Gasteiger partial charge >= 0.3 is 5.97 Å². The highest BCUT2D eigenvalue weighted by Crippen LogP contribution is 2.35. The SMILES string of the molecule is O=C(OCc1nc(-c2ccc3c(c2)OCO3)no1)c1cccs1. The minimum Gasteiger partial charge on any atom is -0.454 e. The van der Waals surface area contributed by atoms with Crippen LogP contribution in [0.5, 0.6) is 11.5 Å². The van der Waals surface area contributed by atoms with Crippen molar-refractivity contribution in [2.45, 2.75) is 6.61 Å². The molecule has 0 N–H and O–H groups in total. The molecule has 0 saturated heterocycles. The van der Waals surface area contributed by atoms with Crippen molar-refractivity contribution >= 4 is 17.3 Å². The third-order valence-electron chi connectivity index (χ3n) is 3.15. The van der Waals surface area contributed by atoms with Gasteiger partial charge in [0.05, 0.1) is 0 Å². The molecule has 1 aromatic carbocycles. The van der Waals surface area contributed by atoms with E-state index in [1.807, 2.05) is 0 Å². The number of aromatic nitrogens is 2. The lowest BCUT2D eigenvalue weighted by Gasteiger charge is -1.98. The lowest BCUT2D eigenvalue weighted by Crippen LogP contribution is -2.03. The molecular formula is C15H10N2O5S. The summed E-state index contributed by atoms with van der Waals surface area (Å²) in [6, 6.07) is 8.84. The summed E-state index contributed by atoms with van der Waals surface area (Å²) in [5, 5.41) is 5.69. The molecule has 0 unspecified atom stereocenters. The predicted molar refractivity (Wildman–Crippen MR) is 79.3 cm³/mol. The molecule has 1 aliphatic rings. The maximum absolute atomic E-state index is 11.8. The minimum absolute atomic E-state index is 0.0751. The fourth-order valence-corrected chi connectivity index (χ4v) is 2.68. The highest BCUT2D eigenvalue weighted by atomic mass is 32.1. The van der Waals surface area contributed by atoms with Crippen molar-refractivity contribution in [1.29, 1.82) is 0 Å². The molecule has 3 aromatic rings. The van der Waals surface area contributed by atoms with Crippen LogP contribution in [0.1, 0.15) is 15.6 Å². The van der Waals surface area contributed by atoms with E-state index in [9.17, 15) is 4.79 Å². The Balaban J connectivity index is 1.45. The van der Waals surface area contributed by atoms with Crippen LogP contribution in [0.2, 0.25) is 0 Å². The van der Waals surface area contributed by atoms with Crippen molar-refractivity contribution in [2.75, 3.05) is 6.79 Å². The van der Waals surface area contributed by atoms with Gasteiger partial charge in [0, 0.05) is 5.56 Å². The molecule has 116 valence electrons. The number of thiophene rings is 1. The number of rotatable bonds is 4. The molecule has 1 aliphatic heterocycles. The molecule has 0 spiro atoms. The minimum atomic E-state index is -0.414. The highest BCUT2D eigenvalue weighted by Gasteiger charge is 2.17. The standard InChI is InChI=1S/C15H10N2O5S/c18-15(12-2-1-5-23-12)19-7-13-16-14(17-22-13)9-3-4-10-11(6-9)21-8-20-10/h1-6H,7-8H2. The van der Waals surface area contributed by atoms with Gasteiger partial charge in [0.25, 0.3) is 5.89 Å². The second kappa shape index (κ2) is 5.73. The second-order valence-corrected chi connectivity index (χ2v) is 5.58. The molecule has 0 bridgehead atoms. The number of benzene rings is 1. The molecule has 0 aliphatic carbocycles. The first kappa shape index (κ1) is 13.8. The van der Waals surface area contributed by atoms with E-state index < -0.39 is 5.97 Å². The Labute approximate surface area is 134 Å². The first-order chi connectivity index (χ1) is 11.3. The molecule has 2 aromatic heterocycles. The molecule has 0 saturated carbocycles. The van der Waals surface area contributed by atoms with Crippen molar-refractivity contribution < 1.29 is 23.5 Å². The maximum Gasteiger partial charge on any atom is 0.348 e. The maximum atomic E-state index is 11.8. The van der Waals surface area contributed by atoms with E-state index in [-0.39, 0.29) is 19.3 Å². The van der Waals surface area contributed by atoms with Crippen LogP contribution < -0.4 is 9.47 Å². The van der Waals surface area contributed by atoms with Crippen LogP contribution in [-0.2, 0) is 11.3 Å². The van der Waals surface area contributed by atoms with Gasteiger partial charge in [-0.05, 0) is 29.6 Å². The van der Waals surface area contributed by atoms with E-state index in [2.05, 4.69) is 10.1 Å². The summed E-state index contributed by atoms with van der Waals surface area (Å²) in [5.41, 5.74) is 0.730. The zero-order chi connectivity index (χ0) is 15.6. The van der Waals surface area contributed by atoms with Crippen molar-refractivity contribution in [2.24, 2.45) is 0 Å². The summed E-state index contributed by atoms with van der Waals surface area (Å²) in [6.45, 7) is 0.128. The Kier molecular flexibility index (Phi) is 3.43. The summed E-state index contributed by atoms with van der Waals surface area (Å²) in [4.78, 5) is 16.5. The van der Waals surface area contributed by atoms with Gasteiger partial charge in [-0.2, -0.15) is 4.98 Å². The number of carbonyl (C=O) groups is 1. The molecule has 0 radical (unpaired) electrons. The van der Waals surface area contributed by atoms with E-state index in [0.29, 0.717) is 22.2 Å². The Hall–Kier alpha value is -2.87. The number of ether oxygens (including phenoxy) is 3. The fourth-order valence-electron chi connectivity index (χ4n) is 2.06. The Morgan fingerprint density at radius 1 is 1.26 bits per heavy atom. The smallest absolute Gasteiger partial charge is 0.348 e. The first-order valence-electron chi connectivity index (χ1n) is 6.73. The summed E-state index contributed by atoms with van der Waals surface area (Å²) in [5.74, 6) is 1.52. The van der Waals surface area contributed by atoms with Gasteiger partial charge in [0.15, 0.2) is 18.1 Å². The molecule has 3 heterocycles. The van der Waals surface area contributed by atoms with Gasteiger partial charge in [0.2, 0.25) is 12.6 Å². The number of hydrogen-bond acceptors (Lipinski definition) is 8. The van der Waals surface area contributed by atoms with Crippen LogP contribution in [0.15, 0.2) is 40.2 Å². The first-order valence-corrected chi connectivity index (χ1v) is 7.61. The zero-order valence-corrected chi connectivity index (χ0v) is 12.5. The molecule has 0 amide bonds. The van der Waals surface area contributed by atoms with Gasteiger partial charge < -0.3 is 18.7 Å². The van der Waals surface area contributed by atoms with E-state index in [1.165, 1.54) is 11.3 Å².